The van der Waals surface area contributed by atoms with Gasteiger partial charge in [-0.1, -0.05) is 0 Å². The molecule has 0 saturated carbocycles. The van der Waals surface area contributed by atoms with Crippen LogP contribution in [-0.2, 0) is 4.74 Å². The number of aromatic nitrogens is 1. The fraction of sp³-hybridized carbons (Fsp3) is 0.100. The number of rotatable bonds is 4. The molecule has 136 valence electrons. The third kappa shape index (κ3) is 2.92. The van der Waals surface area contributed by atoms with Gasteiger partial charge >= 0.3 is 5.97 Å². The third-order valence-electron chi connectivity index (χ3n) is 4.24. The summed E-state index contributed by atoms with van der Waals surface area (Å²) in [6, 6.07) is 13.2. The van der Waals surface area contributed by atoms with Crippen molar-refractivity contribution in [3.8, 4) is 28.3 Å². The van der Waals surface area contributed by atoms with Crippen LogP contribution in [0.4, 0.5) is 5.69 Å². The Morgan fingerprint density at radius 1 is 1.19 bits per heavy atom. The molecule has 0 saturated heterocycles. The Hall–Kier alpha value is -3.32. The molecule has 3 heterocycles. The Balaban J connectivity index is 1.98. The summed E-state index contributed by atoms with van der Waals surface area (Å²) in [5.41, 5.74) is 9.05. The Morgan fingerprint density at radius 2 is 1.96 bits per heavy atom. The van der Waals surface area contributed by atoms with Crippen molar-refractivity contribution in [2.75, 3.05) is 20.0 Å². The van der Waals surface area contributed by atoms with Gasteiger partial charge in [0.15, 0.2) is 0 Å². The quantitative estimate of drug-likeness (QED) is 0.521. The van der Waals surface area contributed by atoms with Crippen LogP contribution in [0.15, 0.2) is 53.1 Å². The molecule has 0 fully saturated rings. The lowest BCUT2D eigenvalue weighted by atomic mass is 10.0. The maximum atomic E-state index is 12.1. The molecule has 0 unspecified atom stereocenters. The van der Waals surface area contributed by atoms with Crippen LogP contribution in [0.3, 0.4) is 0 Å². The molecule has 0 amide bonds. The first kappa shape index (κ1) is 17.1. The number of esters is 1. The van der Waals surface area contributed by atoms with E-state index in [4.69, 9.17) is 24.6 Å². The van der Waals surface area contributed by atoms with Crippen LogP contribution in [0.25, 0.3) is 32.8 Å². The number of fused-ring (bicyclic) bond motifs is 1. The summed E-state index contributed by atoms with van der Waals surface area (Å²) in [4.78, 5) is 17.8. The first-order valence-corrected chi connectivity index (χ1v) is 8.93. The fourth-order valence-electron chi connectivity index (χ4n) is 2.90. The fourth-order valence-corrected chi connectivity index (χ4v) is 3.94. The van der Waals surface area contributed by atoms with E-state index in [0.29, 0.717) is 26.5 Å². The van der Waals surface area contributed by atoms with Gasteiger partial charge in [-0.3, -0.25) is 0 Å². The van der Waals surface area contributed by atoms with Gasteiger partial charge in [0.1, 0.15) is 21.2 Å². The third-order valence-corrected chi connectivity index (χ3v) is 5.32. The van der Waals surface area contributed by atoms with E-state index in [1.54, 1.807) is 19.4 Å². The first-order chi connectivity index (χ1) is 13.1. The number of hydrogen-bond donors (Lipinski definition) is 1. The minimum absolute atomic E-state index is 0.333. The van der Waals surface area contributed by atoms with Gasteiger partial charge in [0.05, 0.1) is 31.9 Å². The van der Waals surface area contributed by atoms with E-state index in [1.165, 1.54) is 18.4 Å². The topological polar surface area (TPSA) is 87.6 Å². The van der Waals surface area contributed by atoms with Gasteiger partial charge in [-0.2, -0.15) is 0 Å². The number of nitrogens with two attached hydrogens (primary N) is 1. The van der Waals surface area contributed by atoms with Gasteiger partial charge in [0, 0.05) is 16.5 Å². The number of methoxy groups -OCH3 is 2. The molecule has 0 aliphatic heterocycles. The molecular formula is C20H16N2O4S. The number of nitrogens with zero attached hydrogens (tertiary/aromatic N) is 1. The van der Waals surface area contributed by atoms with Crippen molar-refractivity contribution in [1.82, 2.24) is 4.98 Å². The minimum Gasteiger partial charge on any atom is -0.497 e. The predicted molar refractivity (Wildman–Crippen MR) is 105 cm³/mol. The van der Waals surface area contributed by atoms with Gasteiger partial charge in [-0.25, -0.2) is 9.78 Å². The zero-order valence-corrected chi connectivity index (χ0v) is 15.5. The van der Waals surface area contributed by atoms with Crippen molar-refractivity contribution in [3.05, 3.63) is 53.6 Å². The van der Waals surface area contributed by atoms with Gasteiger partial charge < -0.3 is 19.6 Å². The molecule has 4 rings (SSSR count). The zero-order valence-electron chi connectivity index (χ0n) is 14.7. The van der Waals surface area contributed by atoms with E-state index >= 15 is 0 Å². The minimum atomic E-state index is -0.480. The highest BCUT2D eigenvalue weighted by Crippen LogP contribution is 2.41. The summed E-state index contributed by atoms with van der Waals surface area (Å²) in [5.74, 6) is 0.935. The molecule has 0 spiro atoms. The Kier molecular flexibility index (Phi) is 4.29. The molecular weight excluding hydrogens is 364 g/mol. The van der Waals surface area contributed by atoms with Crippen LogP contribution in [0.5, 0.6) is 5.75 Å². The summed E-state index contributed by atoms with van der Waals surface area (Å²) in [6.07, 6.45) is 1.60. The van der Waals surface area contributed by atoms with Crippen LogP contribution in [0.1, 0.15) is 9.67 Å². The van der Waals surface area contributed by atoms with Crippen molar-refractivity contribution < 1.29 is 18.7 Å². The maximum absolute atomic E-state index is 12.1. The highest BCUT2D eigenvalue weighted by Gasteiger charge is 2.22. The standard InChI is InChI=1S/C20H16N2O4S/c1-24-12-7-5-11(6-8-12)14-10-13(15-4-3-9-26-15)16-17(21)18(20(23)25-2)27-19(16)22-14/h3-10H,21H2,1-2H3. The van der Waals surface area contributed by atoms with Gasteiger partial charge in [-0.15, -0.1) is 11.3 Å². The van der Waals surface area contributed by atoms with Gasteiger partial charge in [0.25, 0.3) is 0 Å². The van der Waals surface area contributed by atoms with Crippen molar-refractivity contribution >= 4 is 33.2 Å². The number of furan rings is 1. The largest absolute Gasteiger partial charge is 0.497 e. The second kappa shape index (κ2) is 6.77. The SMILES string of the molecule is COC(=O)c1sc2nc(-c3ccc(OC)cc3)cc(-c3ccco3)c2c1N. The van der Waals surface area contributed by atoms with Gasteiger partial charge in [0.2, 0.25) is 0 Å². The number of ether oxygens (including phenoxy) is 2. The molecule has 0 aliphatic rings. The summed E-state index contributed by atoms with van der Waals surface area (Å²) < 4.78 is 15.6. The first-order valence-electron chi connectivity index (χ1n) is 8.12. The number of carbonyl (C=O) groups is 1. The Bertz CT molecular complexity index is 1120. The molecule has 6 nitrogen and oxygen atoms in total. The van der Waals surface area contributed by atoms with Crippen molar-refractivity contribution in [2.24, 2.45) is 0 Å². The molecule has 0 bridgehead atoms. The molecule has 27 heavy (non-hydrogen) atoms. The van der Waals surface area contributed by atoms with Crippen molar-refractivity contribution in [3.63, 3.8) is 0 Å². The van der Waals surface area contributed by atoms with E-state index in [2.05, 4.69) is 0 Å². The Morgan fingerprint density at radius 3 is 2.59 bits per heavy atom. The normalized spacial score (nSPS) is 10.9. The summed E-state index contributed by atoms with van der Waals surface area (Å²) in [5, 5.41) is 0.688. The molecule has 0 aliphatic carbocycles. The Labute approximate surface area is 159 Å². The lowest BCUT2D eigenvalue weighted by Crippen LogP contribution is -2.01. The number of pyridine rings is 1. The smallest absolute Gasteiger partial charge is 0.350 e. The van der Waals surface area contributed by atoms with Crippen LogP contribution >= 0.6 is 11.3 Å². The summed E-state index contributed by atoms with van der Waals surface area (Å²) >= 11 is 1.21. The second-order valence-electron chi connectivity index (χ2n) is 5.78. The lowest BCUT2D eigenvalue weighted by Gasteiger charge is -2.07. The summed E-state index contributed by atoms with van der Waals surface area (Å²) in [6.45, 7) is 0. The number of nitrogen functional groups attached to an aromatic ring is 1. The maximum Gasteiger partial charge on any atom is 0.350 e. The van der Waals surface area contributed by atoms with Crippen LogP contribution in [-0.4, -0.2) is 25.2 Å². The number of benzene rings is 1. The monoisotopic (exact) mass is 380 g/mol. The highest BCUT2D eigenvalue weighted by atomic mass is 32.1. The number of anilines is 1. The number of carbonyl (C=O) groups excluding carboxylic acids is 1. The van der Waals surface area contributed by atoms with Crippen LogP contribution in [0, 0.1) is 0 Å². The molecule has 7 heteroatoms. The lowest BCUT2D eigenvalue weighted by molar-refractivity contribution is 0.0607. The average Bonchev–Trinajstić information content (AvgIpc) is 3.35. The molecule has 1 aromatic carbocycles. The van der Waals surface area contributed by atoms with Crippen LogP contribution < -0.4 is 10.5 Å². The van der Waals surface area contributed by atoms with Crippen molar-refractivity contribution in [2.45, 2.75) is 0 Å². The van der Waals surface area contributed by atoms with Crippen LogP contribution in [0.2, 0.25) is 0 Å². The zero-order chi connectivity index (χ0) is 19.0. The van der Waals surface area contributed by atoms with Crippen molar-refractivity contribution in [1.29, 1.82) is 0 Å². The van der Waals surface area contributed by atoms with E-state index in [-0.39, 0.29) is 0 Å². The highest BCUT2D eigenvalue weighted by molar-refractivity contribution is 7.21. The molecule has 2 N–H and O–H groups in total. The molecule has 0 radical (unpaired) electrons. The second-order valence-corrected chi connectivity index (χ2v) is 6.78. The van der Waals surface area contributed by atoms with E-state index in [9.17, 15) is 4.79 Å². The average molecular weight is 380 g/mol. The molecule has 3 aromatic heterocycles. The molecule has 4 aromatic rings. The predicted octanol–water partition coefficient (Wildman–Crippen LogP) is 4.60. The van der Waals surface area contributed by atoms with E-state index < -0.39 is 5.97 Å². The van der Waals surface area contributed by atoms with E-state index in [1.807, 2.05) is 36.4 Å². The van der Waals surface area contributed by atoms with E-state index in [0.717, 1.165) is 22.6 Å². The molecule has 0 atom stereocenters. The number of thiophene rings is 1. The summed E-state index contributed by atoms with van der Waals surface area (Å²) in [7, 11) is 2.95. The number of hydrogen-bond acceptors (Lipinski definition) is 7. The van der Waals surface area contributed by atoms with Gasteiger partial charge in [-0.05, 0) is 42.5 Å².